The largest absolute Gasteiger partial charge is 0.334 e. The maximum Gasteiger partial charge on any atom is 0.275 e. The predicted molar refractivity (Wildman–Crippen MR) is 62.6 cm³/mol. The first kappa shape index (κ1) is 11.2. The second-order valence-corrected chi connectivity index (χ2v) is 4.93. The third-order valence-corrected chi connectivity index (χ3v) is 3.29. The summed E-state index contributed by atoms with van der Waals surface area (Å²) in [4.78, 5) is 17.7. The zero-order valence-electron chi connectivity index (χ0n) is 8.88. The van der Waals surface area contributed by atoms with Crippen LogP contribution in [0.25, 0.3) is 0 Å². The Morgan fingerprint density at radius 2 is 2.38 bits per heavy atom. The van der Waals surface area contributed by atoms with E-state index in [2.05, 4.69) is 13.7 Å². The van der Waals surface area contributed by atoms with E-state index in [4.69, 9.17) is 0 Å². The Morgan fingerprint density at radius 3 is 2.94 bits per heavy atom. The van der Waals surface area contributed by atoms with Gasteiger partial charge in [0.25, 0.3) is 5.91 Å². The summed E-state index contributed by atoms with van der Waals surface area (Å²) < 4.78 is 7.71. The van der Waals surface area contributed by atoms with Gasteiger partial charge in [0.1, 0.15) is 0 Å². The molecule has 0 saturated heterocycles. The number of nitrogens with zero attached hydrogens (tertiary/aromatic N) is 4. The van der Waals surface area contributed by atoms with Crippen molar-refractivity contribution in [2.45, 2.75) is 13.5 Å². The van der Waals surface area contributed by atoms with Gasteiger partial charge in [0.15, 0.2) is 5.69 Å². The molecule has 0 atom stereocenters. The van der Waals surface area contributed by atoms with Crippen LogP contribution in [0.15, 0.2) is 11.6 Å². The van der Waals surface area contributed by atoms with Crippen LogP contribution in [0, 0.1) is 6.92 Å². The van der Waals surface area contributed by atoms with E-state index in [1.807, 2.05) is 12.3 Å². The Hall–Kier alpha value is -1.34. The lowest BCUT2D eigenvalue weighted by molar-refractivity contribution is 0.0779. The highest BCUT2D eigenvalue weighted by atomic mass is 32.1. The molecular formula is C9H10N4OS2. The number of rotatable bonds is 3. The van der Waals surface area contributed by atoms with Crippen molar-refractivity contribution >= 4 is 29.0 Å². The minimum atomic E-state index is -0.126. The molecule has 16 heavy (non-hydrogen) atoms. The quantitative estimate of drug-likeness (QED) is 0.834. The van der Waals surface area contributed by atoms with Gasteiger partial charge in [0.05, 0.1) is 35.2 Å². The minimum absolute atomic E-state index is 0.126. The van der Waals surface area contributed by atoms with Gasteiger partial charge in [-0.15, -0.1) is 11.3 Å². The average molecular weight is 254 g/mol. The smallest absolute Gasteiger partial charge is 0.275 e. The van der Waals surface area contributed by atoms with Crippen LogP contribution >= 0.6 is 23.1 Å². The van der Waals surface area contributed by atoms with Gasteiger partial charge in [0, 0.05) is 12.4 Å². The first-order valence-corrected chi connectivity index (χ1v) is 6.22. The SMILES string of the molecule is Cc1nc(CN(C)C(=O)c2cnsn2)cs1. The number of aryl methyl sites for hydroxylation is 1. The summed E-state index contributed by atoms with van der Waals surface area (Å²) in [5.74, 6) is -0.126. The first-order valence-electron chi connectivity index (χ1n) is 4.61. The number of hydrogen-bond donors (Lipinski definition) is 0. The van der Waals surface area contributed by atoms with Gasteiger partial charge in [-0.1, -0.05) is 0 Å². The maximum atomic E-state index is 11.8. The molecule has 2 aromatic rings. The van der Waals surface area contributed by atoms with Crippen molar-refractivity contribution in [1.29, 1.82) is 0 Å². The molecule has 0 aliphatic heterocycles. The molecule has 2 heterocycles. The van der Waals surface area contributed by atoms with Gasteiger partial charge in [-0.25, -0.2) is 4.98 Å². The number of thiazole rings is 1. The van der Waals surface area contributed by atoms with Crippen LogP contribution in [0.1, 0.15) is 21.2 Å². The second-order valence-electron chi connectivity index (χ2n) is 3.31. The van der Waals surface area contributed by atoms with Crippen molar-refractivity contribution in [1.82, 2.24) is 18.6 Å². The lowest BCUT2D eigenvalue weighted by Gasteiger charge is -2.13. The molecule has 5 nitrogen and oxygen atoms in total. The summed E-state index contributed by atoms with van der Waals surface area (Å²) in [6.07, 6.45) is 1.48. The Bertz CT molecular complexity index is 479. The Kier molecular flexibility index (Phi) is 3.25. The lowest BCUT2D eigenvalue weighted by atomic mass is 10.3. The van der Waals surface area contributed by atoms with Gasteiger partial charge in [0.2, 0.25) is 0 Å². The van der Waals surface area contributed by atoms with E-state index < -0.39 is 0 Å². The van der Waals surface area contributed by atoms with E-state index in [9.17, 15) is 4.79 Å². The third kappa shape index (κ3) is 2.42. The summed E-state index contributed by atoms with van der Waals surface area (Å²) in [6.45, 7) is 2.45. The van der Waals surface area contributed by atoms with Crippen LogP contribution in [-0.4, -0.2) is 31.6 Å². The van der Waals surface area contributed by atoms with E-state index in [-0.39, 0.29) is 5.91 Å². The molecule has 0 saturated carbocycles. The van der Waals surface area contributed by atoms with Crippen LogP contribution in [0.5, 0.6) is 0 Å². The molecule has 1 amide bonds. The van der Waals surface area contributed by atoms with E-state index in [0.717, 1.165) is 22.4 Å². The summed E-state index contributed by atoms with van der Waals surface area (Å²) in [5.41, 5.74) is 1.29. The molecule has 7 heteroatoms. The molecule has 0 unspecified atom stereocenters. The normalized spacial score (nSPS) is 10.4. The molecule has 0 N–H and O–H groups in total. The average Bonchev–Trinajstić information content (AvgIpc) is 2.88. The van der Waals surface area contributed by atoms with Crippen molar-refractivity contribution < 1.29 is 4.79 Å². The number of amides is 1. The van der Waals surface area contributed by atoms with Crippen molar-refractivity contribution in [3.8, 4) is 0 Å². The topological polar surface area (TPSA) is 59.0 Å². The lowest BCUT2D eigenvalue weighted by Crippen LogP contribution is -2.26. The number of carbonyl (C=O) groups is 1. The zero-order chi connectivity index (χ0) is 11.5. The van der Waals surface area contributed by atoms with Crippen LogP contribution in [-0.2, 0) is 6.54 Å². The standard InChI is InChI=1S/C9H10N4OS2/c1-6-11-7(5-15-6)4-13(2)9(14)8-3-10-16-12-8/h3,5H,4H2,1-2H3. The summed E-state index contributed by atoms with van der Waals surface area (Å²) in [5, 5.41) is 2.96. The zero-order valence-corrected chi connectivity index (χ0v) is 10.5. The van der Waals surface area contributed by atoms with Crippen LogP contribution in [0.4, 0.5) is 0 Å². The molecule has 0 aliphatic rings. The summed E-state index contributed by atoms with van der Waals surface area (Å²) >= 11 is 2.62. The van der Waals surface area contributed by atoms with E-state index in [0.29, 0.717) is 12.2 Å². The first-order chi connectivity index (χ1) is 7.66. The number of carbonyl (C=O) groups excluding carboxylic acids is 1. The summed E-state index contributed by atoms with van der Waals surface area (Å²) in [7, 11) is 1.73. The van der Waals surface area contributed by atoms with E-state index in [1.165, 1.54) is 6.20 Å². The van der Waals surface area contributed by atoms with Gasteiger partial charge >= 0.3 is 0 Å². The van der Waals surface area contributed by atoms with Gasteiger partial charge in [-0.3, -0.25) is 4.79 Å². The molecule has 84 valence electrons. The fourth-order valence-electron chi connectivity index (χ4n) is 1.25. The van der Waals surface area contributed by atoms with Crippen molar-refractivity contribution in [3.05, 3.63) is 28.0 Å². The second kappa shape index (κ2) is 4.67. The van der Waals surface area contributed by atoms with Crippen molar-refractivity contribution in [3.63, 3.8) is 0 Å². The van der Waals surface area contributed by atoms with Crippen LogP contribution in [0.3, 0.4) is 0 Å². The van der Waals surface area contributed by atoms with Gasteiger partial charge in [-0.05, 0) is 6.92 Å². The number of aromatic nitrogens is 3. The maximum absolute atomic E-state index is 11.8. The Balaban J connectivity index is 2.03. The molecule has 2 rings (SSSR count). The van der Waals surface area contributed by atoms with Crippen molar-refractivity contribution in [2.75, 3.05) is 7.05 Å². The van der Waals surface area contributed by atoms with E-state index >= 15 is 0 Å². The van der Waals surface area contributed by atoms with Crippen LogP contribution in [0.2, 0.25) is 0 Å². The Labute approximate surface area is 101 Å². The third-order valence-electron chi connectivity index (χ3n) is 1.99. The molecule has 0 spiro atoms. The molecule has 2 aromatic heterocycles. The minimum Gasteiger partial charge on any atom is -0.334 e. The molecule has 0 fully saturated rings. The molecule has 0 aliphatic carbocycles. The van der Waals surface area contributed by atoms with Gasteiger partial charge in [-0.2, -0.15) is 8.75 Å². The monoisotopic (exact) mass is 254 g/mol. The molecule has 0 radical (unpaired) electrons. The highest BCUT2D eigenvalue weighted by Crippen LogP contribution is 2.11. The Morgan fingerprint density at radius 1 is 1.56 bits per heavy atom. The predicted octanol–water partition coefficient (Wildman–Crippen LogP) is 1.58. The fourth-order valence-corrected chi connectivity index (χ4v) is 2.26. The molecule has 0 aromatic carbocycles. The summed E-state index contributed by atoms with van der Waals surface area (Å²) in [6, 6.07) is 0. The molecule has 0 bridgehead atoms. The highest BCUT2D eigenvalue weighted by Gasteiger charge is 2.15. The van der Waals surface area contributed by atoms with Crippen molar-refractivity contribution in [2.24, 2.45) is 0 Å². The number of hydrogen-bond acceptors (Lipinski definition) is 6. The fraction of sp³-hybridized carbons (Fsp3) is 0.333. The van der Waals surface area contributed by atoms with E-state index in [1.54, 1.807) is 23.3 Å². The highest BCUT2D eigenvalue weighted by molar-refractivity contribution is 7.09. The van der Waals surface area contributed by atoms with Gasteiger partial charge < -0.3 is 4.90 Å². The molecular weight excluding hydrogens is 244 g/mol. The van der Waals surface area contributed by atoms with Crippen LogP contribution < -0.4 is 0 Å².